The van der Waals surface area contributed by atoms with E-state index in [1.54, 1.807) is 14.0 Å². The fraction of sp³-hybridized carbons (Fsp3) is 0.333. The summed E-state index contributed by atoms with van der Waals surface area (Å²) in [4.78, 5) is 0. The van der Waals surface area contributed by atoms with E-state index < -0.39 is 5.27 Å². The maximum absolute atomic E-state index is 7.48. The van der Waals surface area contributed by atoms with Gasteiger partial charge in [0, 0.05) is 0 Å². The van der Waals surface area contributed by atoms with Crippen LogP contribution in [0.5, 0.6) is 5.75 Å². The van der Waals surface area contributed by atoms with E-state index in [1.807, 2.05) is 24.3 Å². The van der Waals surface area contributed by atoms with Crippen LogP contribution in [0.15, 0.2) is 24.3 Å². The topological polar surface area (TPSA) is 9.23 Å². The summed E-state index contributed by atoms with van der Waals surface area (Å²) in [7, 11) is 1.61. The van der Waals surface area contributed by atoms with Crippen molar-refractivity contribution in [3.05, 3.63) is 24.3 Å². The summed E-state index contributed by atoms with van der Waals surface area (Å²) in [6.07, 6.45) is 0. The molecule has 0 amide bonds. The van der Waals surface area contributed by atoms with Crippen LogP contribution in [0.3, 0.4) is 0 Å². The van der Waals surface area contributed by atoms with Crippen molar-refractivity contribution in [3.63, 3.8) is 0 Å². The van der Waals surface area contributed by atoms with E-state index in [-0.39, 0.29) is 15.0 Å². The predicted octanol–water partition coefficient (Wildman–Crippen LogP) is 1.46. The van der Waals surface area contributed by atoms with Gasteiger partial charge in [-0.3, -0.25) is 0 Å². The predicted molar refractivity (Wildman–Crippen MR) is 48.9 cm³/mol. The molecular weight excluding hydrogens is 204 g/mol. The SMILES string of the molecule is [2H][13C]([2H])(C)[Se]c1ccccc1OC. The minimum absolute atomic E-state index is 0.195. The molecule has 2 heteroatoms. The average Bonchev–Trinajstić information content (AvgIpc) is 2.02. The molecule has 0 saturated carbocycles. The third kappa shape index (κ3) is 2.25. The van der Waals surface area contributed by atoms with Gasteiger partial charge in [0.15, 0.2) is 0 Å². The quantitative estimate of drug-likeness (QED) is 0.551. The Balaban J connectivity index is 2.87. The first-order valence-corrected chi connectivity index (χ1v) is 5.06. The summed E-state index contributed by atoms with van der Waals surface area (Å²) in [6.45, 7) is 1.60. The van der Waals surface area contributed by atoms with Crippen molar-refractivity contribution in [1.29, 1.82) is 0 Å². The van der Waals surface area contributed by atoms with Crippen molar-refractivity contribution in [2.75, 3.05) is 7.11 Å². The normalized spacial score (nSPS) is 13.6. The van der Waals surface area contributed by atoms with Gasteiger partial charge < -0.3 is 0 Å². The zero-order chi connectivity index (χ0) is 9.90. The first-order valence-electron chi connectivity index (χ1n) is 4.35. The standard InChI is InChI=1S/C9H12OSe/c1-3-11-9-7-5-4-6-8(9)10-2/h4-7H,3H2,1-2H3/i3+1D2. The van der Waals surface area contributed by atoms with E-state index in [2.05, 4.69) is 0 Å². The third-order valence-electron chi connectivity index (χ3n) is 1.28. The number of benzene rings is 1. The maximum atomic E-state index is 7.48. The molecule has 11 heavy (non-hydrogen) atoms. The average molecular weight is 218 g/mol. The van der Waals surface area contributed by atoms with Gasteiger partial charge in [0.1, 0.15) is 0 Å². The summed E-state index contributed by atoms with van der Waals surface area (Å²) in [5.74, 6) is 0.785. The van der Waals surface area contributed by atoms with E-state index in [4.69, 9.17) is 7.48 Å². The van der Waals surface area contributed by atoms with Gasteiger partial charge in [-0.25, -0.2) is 0 Å². The molecule has 0 heterocycles. The molecule has 0 N–H and O–H groups in total. The molecule has 0 radical (unpaired) electrons. The number of methoxy groups -OCH3 is 1. The molecule has 0 atom stereocenters. The zero-order valence-corrected chi connectivity index (χ0v) is 8.34. The Labute approximate surface area is 76.7 Å². The molecule has 0 aliphatic heterocycles. The molecule has 0 saturated heterocycles. The van der Waals surface area contributed by atoms with Crippen LogP contribution in [0, 0.1) is 0 Å². The van der Waals surface area contributed by atoms with Crippen molar-refractivity contribution >= 4 is 19.4 Å². The molecule has 0 aliphatic carbocycles. The van der Waals surface area contributed by atoms with Gasteiger partial charge in [-0.2, -0.15) is 0 Å². The second-order valence-corrected chi connectivity index (χ2v) is 4.16. The van der Waals surface area contributed by atoms with E-state index in [0.717, 1.165) is 10.2 Å². The summed E-state index contributed by atoms with van der Waals surface area (Å²) in [6, 6.07) is 7.58. The summed E-state index contributed by atoms with van der Waals surface area (Å²) >= 11 is -0.195. The van der Waals surface area contributed by atoms with Crippen molar-refractivity contribution < 1.29 is 7.48 Å². The molecule has 0 aliphatic rings. The Morgan fingerprint density at radius 3 is 2.91 bits per heavy atom. The van der Waals surface area contributed by atoms with Crippen LogP contribution in [0.25, 0.3) is 0 Å². The van der Waals surface area contributed by atoms with Crippen molar-refractivity contribution in [2.24, 2.45) is 0 Å². The molecule has 60 valence electrons. The van der Waals surface area contributed by atoms with Gasteiger partial charge in [0.2, 0.25) is 0 Å². The Kier molecular flexibility index (Phi) is 2.45. The van der Waals surface area contributed by atoms with Gasteiger partial charge in [-0.15, -0.1) is 0 Å². The number of para-hydroxylation sites is 1. The van der Waals surface area contributed by atoms with Crippen LogP contribution < -0.4 is 9.20 Å². The van der Waals surface area contributed by atoms with E-state index in [1.165, 1.54) is 0 Å². The van der Waals surface area contributed by atoms with Crippen molar-refractivity contribution in [1.82, 2.24) is 0 Å². The van der Waals surface area contributed by atoms with Crippen LogP contribution >= 0.6 is 0 Å². The van der Waals surface area contributed by atoms with Crippen LogP contribution in [0.4, 0.5) is 0 Å². The monoisotopic (exact) mass is 219 g/mol. The molecule has 0 bridgehead atoms. The molecule has 0 aromatic heterocycles. The molecule has 0 unspecified atom stereocenters. The number of ether oxygens (including phenoxy) is 1. The molecule has 1 rings (SSSR count). The van der Waals surface area contributed by atoms with Crippen LogP contribution in [-0.2, 0) is 0 Å². The van der Waals surface area contributed by atoms with Crippen molar-refractivity contribution in [3.8, 4) is 5.75 Å². The number of rotatable bonds is 3. The summed E-state index contributed by atoms with van der Waals surface area (Å²) in [5.41, 5.74) is 0. The fourth-order valence-corrected chi connectivity index (χ4v) is 2.11. The molecule has 0 fully saturated rings. The summed E-state index contributed by atoms with van der Waals surface area (Å²) in [5, 5.41) is -1.12. The van der Waals surface area contributed by atoms with Crippen LogP contribution in [-0.4, -0.2) is 22.1 Å². The first-order chi connectivity index (χ1) is 6.03. The van der Waals surface area contributed by atoms with Crippen molar-refractivity contribution in [2.45, 2.75) is 12.2 Å². The second-order valence-electron chi connectivity index (χ2n) is 1.96. The number of hydrogen-bond donors (Lipinski definition) is 0. The minimum atomic E-state index is -1.12. The first kappa shape index (κ1) is 6.10. The van der Waals surface area contributed by atoms with Gasteiger partial charge in [0.05, 0.1) is 0 Å². The molecule has 1 aromatic rings. The van der Waals surface area contributed by atoms with Gasteiger partial charge >= 0.3 is 76.2 Å². The van der Waals surface area contributed by atoms with Gasteiger partial charge in [0.25, 0.3) is 0 Å². The Morgan fingerprint density at radius 1 is 1.55 bits per heavy atom. The Morgan fingerprint density at radius 2 is 2.27 bits per heavy atom. The fourth-order valence-electron chi connectivity index (χ4n) is 0.813. The molecule has 1 aromatic carbocycles. The molecule has 1 nitrogen and oxygen atoms in total. The Hall–Kier alpha value is -0.461. The van der Waals surface area contributed by atoms with Crippen LogP contribution in [0.1, 0.15) is 9.67 Å². The van der Waals surface area contributed by atoms with Gasteiger partial charge in [-0.05, 0) is 0 Å². The molecule has 0 spiro atoms. The number of hydrogen-bond acceptors (Lipinski definition) is 1. The Bertz CT molecular complexity index is 283. The third-order valence-corrected chi connectivity index (χ3v) is 2.88. The van der Waals surface area contributed by atoms with E-state index in [9.17, 15) is 0 Å². The summed E-state index contributed by atoms with van der Waals surface area (Å²) < 4.78 is 21.1. The van der Waals surface area contributed by atoms with Crippen LogP contribution in [0.2, 0.25) is 5.27 Å². The van der Waals surface area contributed by atoms with E-state index >= 15 is 0 Å². The zero-order valence-electron chi connectivity index (χ0n) is 8.63. The second kappa shape index (κ2) is 4.42. The van der Waals surface area contributed by atoms with Gasteiger partial charge in [-0.1, -0.05) is 0 Å². The molecular formula is C9H12OSe. The van der Waals surface area contributed by atoms with E-state index in [0.29, 0.717) is 0 Å².